The van der Waals surface area contributed by atoms with Gasteiger partial charge in [-0.3, -0.25) is 14.9 Å². The lowest BCUT2D eigenvalue weighted by Gasteiger charge is -2.15. The van der Waals surface area contributed by atoms with Crippen LogP contribution in [0.2, 0.25) is 0 Å². The fraction of sp³-hybridized carbons (Fsp3) is 0.471. The molecular formula is C17H24N2O4. The molecule has 0 radical (unpaired) electrons. The van der Waals surface area contributed by atoms with Crippen LogP contribution in [0.1, 0.15) is 45.1 Å². The van der Waals surface area contributed by atoms with Crippen molar-refractivity contribution >= 4 is 17.9 Å². The van der Waals surface area contributed by atoms with E-state index in [0.717, 1.165) is 12.0 Å². The maximum atomic E-state index is 12.1. The lowest BCUT2D eigenvalue weighted by molar-refractivity contribution is -0.149. The van der Waals surface area contributed by atoms with Crippen molar-refractivity contribution in [3.63, 3.8) is 0 Å². The van der Waals surface area contributed by atoms with E-state index in [1.54, 1.807) is 0 Å². The molecule has 0 fully saturated rings. The van der Waals surface area contributed by atoms with E-state index in [9.17, 15) is 14.4 Å². The number of benzene rings is 1. The van der Waals surface area contributed by atoms with Crippen LogP contribution in [-0.2, 0) is 14.3 Å². The standard InChI is InChI=1S/C17H24N2O4/c1-4-12(3)18-17(22)19-15(20)11-23-16(21)14(5-2)13-9-7-6-8-10-13/h6-10,12,14H,4-5,11H2,1-3H3,(H2,18,19,20,22)/t12-,14+/m0/s1. The maximum Gasteiger partial charge on any atom is 0.321 e. The summed E-state index contributed by atoms with van der Waals surface area (Å²) in [6.45, 7) is 5.15. The summed E-state index contributed by atoms with van der Waals surface area (Å²) in [5.41, 5.74) is 0.843. The van der Waals surface area contributed by atoms with E-state index in [4.69, 9.17) is 4.74 Å². The number of carbonyl (C=O) groups is 3. The molecule has 2 atom stereocenters. The monoisotopic (exact) mass is 320 g/mol. The molecule has 3 amide bonds. The minimum absolute atomic E-state index is 0.0343. The number of hydrogen-bond donors (Lipinski definition) is 2. The number of rotatable bonds is 7. The van der Waals surface area contributed by atoms with E-state index < -0.39 is 30.4 Å². The predicted octanol–water partition coefficient (Wildman–Crippen LogP) is 2.35. The van der Waals surface area contributed by atoms with E-state index in [-0.39, 0.29) is 6.04 Å². The third kappa shape index (κ3) is 6.50. The second-order valence-corrected chi connectivity index (χ2v) is 5.31. The lowest BCUT2D eigenvalue weighted by atomic mass is 9.97. The van der Waals surface area contributed by atoms with Crippen LogP contribution in [-0.4, -0.2) is 30.6 Å². The van der Waals surface area contributed by atoms with Crippen molar-refractivity contribution in [3.8, 4) is 0 Å². The second-order valence-electron chi connectivity index (χ2n) is 5.31. The van der Waals surface area contributed by atoms with Crippen LogP contribution in [0, 0.1) is 0 Å². The first-order valence-corrected chi connectivity index (χ1v) is 7.79. The molecule has 0 heterocycles. The number of urea groups is 1. The topological polar surface area (TPSA) is 84.5 Å². The van der Waals surface area contributed by atoms with Gasteiger partial charge in [0.1, 0.15) is 0 Å². The summed E-state index contributed by atoms with van der Waals surface area (Å²) < 4.78 is 5.01. The zero-order valence-electron chi connectivity index (χ0n) is 13.8. The maximum absolute atomic E-state index is 12.1. The normalized spacial score (nSPS) is 12.8. The molecule has 0 aromatic heterocycles. The highest BCUT2D eigenvalue weighted by Crippen LogP contribution is 2.20. The van der Waals surface area contributed by atoms with Gasteiger partial charge in [0.15, 0.2) is 6.61 Å². The minimum Gasteiger partial charge on any atom is -0.455 e. The summed E-state index contributed by atoms with van der Waals surface area (Å²) in [5, 5.41) is 4.73. The minimum atomic E-state index is -0.651. The Bertz CT molecular complexity index is 531. The van der Waals surface area contributed by atoms with Crippen molar-refractivity contribution in [2.45, 2.75) is 45.6 Å². The Hall–Kier alpha value is -2.37. The molecule has 0 saturated heterocycles. The van der Waals surface area contributed by atoms with E-state index in [2.05, 4.69) is 10.6 Å². The molecule has 23 heavy (non-hydrogen) atoms. The van der Waals surface area contributed by atoms with Gasteiger partial charge in [0.05, 0.1) is 5.92 Å². The quantitative estimate of drug-likeness (QED) is 0.755. The molecule has 0 spiro atoms. The van der Waals surface area contributed by atoms with Crippen molar-refractivity contribution in [1.29, 1.82) is 0 Å². The molecule has 1 rings (SSSR count). The summed E-state index contributed by atoms with van der Waals surface area (Å²) in [7, 11) is 0. The fourth-order valence-electron chi connectivity index (χ4n) is 1.99. The Morgan fingerprint density at radius 2 is 1.74 bits per heavy atom. The van der Waals surface area contributed by atoms with Crippen LogP contribution in [0.3, 0.4) is 0 Å². The van der Waals surface area contributed by atoms with Crippen LogP contribution in [0.4, 0.5) is 4.79 Å². The third-order valence-electron chi connectivity index (χ3n) is 3.48. The smallest absolute Gasteiger partial charge is 0.321 e. The fourth-order valence-corrected chi connectivity index (χ4v) is 1.99. The molecule has 1 aromatic rings. The number of nitrogens with one attached hydrogen (secondary N) is 2. The van der Waals surface area contributed by atoms with Gasteiger partial charge in [-0.25, -0.2) is 4.79 Å². The van der Waals surface area contributed by atoms with Crippen molar-refractivity contribution < 1.29 is 19.1 Å². The molecule has 126 valence electrons. The number of ether oxygens (including phenoxy) is 1. The van der Waals surface area contributed by atoms with E-state index in [1.807, 2.05) is 51.1 Å². The van der Waals surface area contributed by atoms with Gasteiger partial charge in [-0.15, -0.1) is 0 Å². The predicted molar refractivity (Wildman–Crippen MR) is 86.9 cm³/mol. The summed E-state index contributed by atoms with van der Waals surface area (Å²) in [6.07, 6.45) is 1.32. The van der Waals surface area contributed by atoms with Crippen molar-refractivity contribution in [3.05, 3.63) is 35.9 Å². The highest BCUT2D eigenvalue weighted by molar-refractivity contribution is 5.95. The first-order valence-electron chi connectivity index (χ1n) is 7.79. The summed E-state index contributed by atoms with van der Waals surface area (Å²) >= 11 is 0. The van der Waals surface area contributed by atoms with Gasteiger partial charge in [-0.05, 0) is 25.3 Å². The molecule has 0 aliphatic heterocycles. The third-order valence-corrected chi connectivity index (χ3v) is 3.48. The largest absolute Gasteiger partial charge is 0.455 e. The summed E-state index contributed by atoms with van der Waals surface area (Å²) in [6, 6.07) is 8.62. The molecule has 0 bridgehead atoms. The van der Waals surface area contributed by atoms with Crippen LogP contribution in [0.15, 0.2) is 30.3 Å². The Kier molecular flexibility index (Phi) is 7.80. The van der Waals surface area contributed by atoms with Gasteiger partial charge in [-0.2, -0.15) is 0 Å². The number of carbonyl (C=O) groups excluding carboxylic acids is 3. The first-order chi connectivity index (χ1) is 11.0. The molecule has 1 aromatic carbocycles. The van der Waals surface area contributed by atoms with Gasteiger partial charge in [0.2, 0.25) is 0 Å². The SMILES string of the molecule is CC[C@H](C)NC(=O)NC(=O)COC(=O)[C@H](CC)c1ccccc1. The average Bonchev–Trinajstić information content (AvgIpc) is 2.54. The molecule has 2 N–H and O–H groups in total. The van der Waals surface area contributed by atoms with Crippen LogP contribution >= 0.6 is 0 Å². The zero-order chi connectivity index (χ0) is 17.2. The first kappa shape index (κ1) is 18.7. The molecule has 0 aliphatic rings. The molecule has 0 saturated carbocycles. The van der Waals surface area contributed by atoms with E-state index in [0.29, 0.717) is 6.42 Å². The summed E-state index contributed by atoms with van der Waals surface area (Å²) in [5.74, 6) is -1.55. The number of hydrogen-bond acceptors (Lipinski definition) is 4. The lowest BCUT2D eigenvalue weighted by Crippen LogP contribution is -2.44. The second kappa shape index (κ2) is 9.61. The van der Waals surface area contributed by atoms with Crippen molar-refractivity contribution in [2.24, 2.45) is 0 Å². The van der Waals surface area contributed by atoms with E-state index in [1.165, 1.54) is 0 Å². The van der Waals surface area contributed by atoms with Crippen molar-refractivity contribution in [1.82, 2.24) is 10.6 Å². The van der Waals surface area contributed by atoms with Crippen LogP contribution < -0.4 is 10.6 Å². The van der Waals surface area contributed by atoms with Gasteiger partial charge in [0.25, 0.3) is 5.91 Å². The number of imide groups is 1. The van der Waals surface area contributed by atoms with Crippen LogP contribution in [0.25, 0.3) is 0 Å². The van der Waals surface area contributed by atoms with Gasteiger partial charge in [-0.1, -0.05) is 44.2 Å². The Morgan fingerprint density at radius 3 is 2.30 bits per heavy atom. The number of amides is 3. The highest BCUT2D eigenvalue weighted by Gasteiger charge is 2.21. The van der Waals surface area contributed by atoms with Gasteiger partial charge >= 0.3 is 12.0 Å². The summed E-state index contributed by atoms with van der Waals surface area (Å²) in [4.78, 5) is 35.2. The van der Waals surface area contributed by atoms with Gasteiger partial charge in [0, 0.05) is 6.04 Å². The van der Waals surface area contributed by atoms with Crippen LogP contribution in [0.5, 0.6) is 0 Å². The molecule has 6 heteroatoms. The van der Waals surface area contributed by atoms with E-state index >= 15 is 0 Å². The highest BCUT2D eigenvalue weighted by atomic mass is 16.5. The average molecular weight is 320 g/mol. The number of esters is 1. The molecular weight excluding hydrogens is 296 g/mol. The zero-order valence-corrected chi connectivity index (χ0v) is 13.8. The Labute approximate surface area is 136 Å². The molecule has 0 unspecified atom stereocenters. The molecule has 6 nitrogen and oxygen atoms in total. The Morgan fingerprint density at radius 1 is 1.09 bits per heavy atom. The van der Waals surface area contributed by atoms with Gasteiger partial charge < -0.3 is 10.1 Å². The molecule has 0 aliphatic carbocycles. The van der Waals surface area contributed by atoms with Crippen molar-refractivity contribution in [2.75, 3.05) is 6.61 Å². The Balaban J connectivity index is 2.45.